The van der Waals surface area contributed by atoms with Crippen molar-refractivity contribution in [3.05, 3.63) is 54.5 Å². The normalized spacial score (nSPS) is 16.6. The second-order valence-corrected chi connectivity index (χ2v) is 6.17. The number of amides is 1. The Kier molecular flexibility index (Phi) is 3.97. The SMILES string of the molecule is N#CN1CCC(NC(=O)c2ncc(-c3ccc4nccn4c3)cc2F)C1. The molecule has 0 bridgehead atoms. The lowest BCUT2D eigenvalue weighted by atomic mass is 10.1. The van der Waals surface area contributed by atoms with Crippen LogP contribution in [-0.2, 0) is 0 Å². The molecular formula is C18H15FN6O. The summed E-state index contributed by atoms with van der Waals surface area (Å²) in [5.74, 6) is -1.25. The number of hydrogen-bond donors (Lipinski definition) is 1. The average Bonchev–Trinajstić information content (AvgIpc) is 3.29. The third-order valence-corrected chi connectivity index (χ3v) is 4.44. The zero-order valence-corrected chi connectivity index (χ0v) is 13.8. The van der Waals surface area contributed by atoms with Crippen LogP contribution in [0.5, 0.6) is 0 Å². The van der Waals surface area contributed by atoms with Gasteiger partial charge in [-0.1, -0.05) is 0 Å². The van der Waals surface area contributed by atoms with Gasteiger partial charge in [-0.25, -0.2) is 14.4 Å². The average molecular weight is 350 g/mol. The molecular weight excluding hydrogens is 335 g/mol. The Morgan fingerprint density at radius 3 is 3.00 bits per heavy atom. The Hall–Kier alpha value is -3.47. The van der Waals surface area contributed by atoms with E-state index in [9.17, 15) is 9.18 Å². The van der Waals surface area contributed by atoms with E-state index in [1.54, 1.807) is 17.3 Å². The highest BCUT2D eigenvalue weighted by molar-refractivity contribution is 5.93. The number of carbonyl (C=O) groups is 1. The molecule has 8 heteroatoms. The third kappa shape index (κ3) is 2.95. The van der Waals surface area contributed by atoms with Gasteiger partial charge in [-0.2, -0.15) is 5.26 Å². The number of nitrogens with one attached hydrogen (secondary N) is 1. The highest BCUT2D eigenvalue weighted by Crippen LogP contribution is 2.21. The minimum absolute atomic E-state index is 0.174. The molecule has 1 aliphatic rings. The topological polar surface area (TPSA) is 86.3 Å². The van der Waals surface area contributed by atoms with Crippen LogP contribution in [0.4, 0.5) is 4.39 Å². The molecule has 0 aliphatic carbocycles. The molecule has 1 amide bonds. The van der Waals surface area contributed by atoms with Crippen LogP contribution in [0.3, 0.4) is 0 Å². The van der Waals surface area contributed by atoms with Crippen molar-refractivity contribution in [3.63, 3.8) is 0 Å². The van der Waals surface area contributed by atoms with Crippen LogP contribution in [-0.4, -0.2) is 44.3 Å². The molecule has 0 radical (unpaired) electrons. The maximum atomic E-state index is 14.5. The van der Waals surface area contributed by atoms with Crippen molar-refractivity contribution < 1.29 is 9.18 Å². The van der Waals surface area contributed by atoms with Gasteiger partial charge in [-0.3, -0.25) is 4.79 Å². The van der Waals surface area contributed by atoms with E-state index in [1.165, 1.54) is 12.3 Å². The minimum atomic E-state index is -0.680. The molecule has 1 aliphatic heterocycles. The smallest absolute Gasteiger partial charge is 0.273 e. The maximum Gasteiger partial charge on any atom is 0.273 e. The van der Waals surface area contributed by atoms with Crippen LogP contribution < -0.4 is 5.32 Å². The summed E-state index contributed by atoms with van der Waals surface area (Å²) in [6, 6.07) is 4.78. The summed E-state index contributed by atoms with van der Waals surface area (Å²) in [6.07, 6.45) is 9.49. The van der Waals surface area contributed by atoms with Crippen LogP contribution in [0.15, 0.2) is 43.0 Å². The van der Waals surface area contributed by atoms with Crippen LogP contribution in [0.25, 0.3) is 16.8 Å². The molecule has 1 fully saturated rings. The number of carbonyl (C=O) groups excluding carboxylic acids is 1. The lowest BCUT2D eigenvalue weighted by Gasteiger charge is -2.12. The lowest BCUT2D eigenvalue weighted by Crippen LogP contribution is -2.37. The molecule has 1 N–H and O–H groups in total. The van der Waals surface area contributed by atoms with Gasteiger partial charge in [-0.15, -0.1) is 0 Å². The van der Waals surface area contributed by atoms with Gasteiger partial charge in [0.2, 0.25) is 0 Å². The van der Waals surface area contributed by atoms with Gasteiger partial charge in [0.05, 0.1) is 0 Å². The van der Waals surface area contributed by atoms with E-state index in [-0.39, 0.29) is 11.7 Å². The van der Waals surface area contributed by atoms with Gasteiger partial charge in [0.15, 0.2) is 17.7 Å². The molecule has 3 aromatic heterocycles. The molecule has 0 saturated carbocycles. The molecule has 26 heavy (non-hydrogen) atoms. The fraction of sp³-hybridized carbons (Fsp3) is 0.222. The van der Waals surface area contributed by atoms with Gasteiger partial charge in [-0.05, 0) is 24.6 Å². The summed E-state index contributed by atoms with van der Waals surface area (Å²) in [4.78, 5) is 22.0. The van der Waals surface area contributed by atoms with Crippen molar-refractivity contribution in [2.45, 2.75) is 12.5 Å². The summed E-state index contributed by atoms with van der Waals surface area (Å²) < 4.78 is 16.3. The summed E-state index contributed by atoms with van der Waals surface area (Å²) in [5.41, 5.74) is 1.90. The Labute approximate surface area is 148 Å². The second-order valence-electron chi connectivity index (χ2n) is 6.17. The monoisotopic (exact) mass is 350 g/mol. The van der Waals surface area contributed by atoms with E-state index in [1.807, 2.05) is 28.9 Å². The van der Waals surface area contributed by atoms with Crippen molar-refractivity contribution in [2.75, 3.05) is 13.1 Å². The molecule has 1 unspecified atom stereocenters. The van der Waals surface area contributed by atoms with Crippen LogP contribution in [0.1, 0.15) is 16.9 Å². The van der Waals surface area contributed by atoms with Gasteiger partial charge in [0.1, 0.15) is 5.65 Å². The van der Waals surface area contributed by atoms with E-state index < -0.39 is 11.7 Å². The number of likely N-dealkylation sites (tertiary alicyclic amines) is 1. The van der Waals surface area contributed by atoms with E-state index in [0.29, 0.717) is 25.1 Å². The van der Waals surface area contributed by atoms with E-state index in [4.69, 9.17) is 5.26 Å². The zero-order chi connectivity index (χ0) is 18.1. The molecule has 1 saturated heterocycles. The number of imidazole rings is 1. The third-order valence-electron chi connectivity index (χ3n) is 4.44. The largest absolute Gasteiger partial charge is 0.346 e. The first kappa shape index (κ1) is 16.0. The molecule has 1 atom stereocenters. The molecule has 130 valence electrons. The molecule has 4 heterocycles. The fourth-order valence-electron chi connectivity index (χ4n) is 3.08. The number of pyridine rings is 2. The predicted octanol–water partition coefficient (Wildman–Crippen LogP) is 1.82. The van der Waals surface area contributed by atoms with Crippen LogP contribution in [0.2, 0.25) is 0 Å². The number of fused-ring (bicyclic) bond motifs is 1. The van der Waals surface area contributed by atoms with Crippen molar-refractivity contribution in [1.82, 2.24) is 24.6 Å². The predicted molar refractivity (Wildman–Crippen MR) is 91.4 cm³/mol. The van der Waals surface area contributed by atoms with Crippen LogP contribution >= 0.6 is 0 Å². The standard InChI is InChI=1S/C18H15FN6O/c19-15-7-13(12-1-2-16-21-4-6-25(16)9-12)8-22-17(15)18(26)23-14-3-5-24(10-14)11-20/h1-2,4,6-9,14H,3,5,10H2,(H,23,26). The van der Waals surface area contributed by atoms with E-state index >= 15 is 0 Å². The molecule has 4 rings (SSSR count). The number of hydrogen-bond acceptors (Lipinski definition) is 5. The van der Waals surface area contributed by atoms with Crippen molar-refractivity contribution in [3.8, 4) is 17.3 Å². The van der Waals surface area contributed by atoms with Gasteiger partial charge < -0.3 is 14.6 Å². The first-order chi connectivity index (χ1) is 12.6. The van der Waals surface area contributed by atoms with E-state index in [0.717, 1.165) is 11.2 Å². The highest BCUT2D eigenvalue weighted by atomic mass is 19.1. The number of aromatic nitrogens is 3. The van der Waals surface area contributed by atoms with E-state index in [2.05, 4.69) is 15.3 Å². The first-order valence-corrected chi connectivity index (χ1v) is 8.18. The minimum Gasteiger partial charge on any atom is -0.346 e. The van der Waals surface area contributed by atoms with Crippen molar-refractivity contribution in [1.29, 1.82) is 5.26 Å². The van der Waals surface area contributed by atoms with Gasteiger partial charge in [0, 0.05) is 55.0 Å². The van der Waals surface area contributed by atoms with Gasteiger partial charge in [0.25, 0.3) is 5.91 Å². The Morgan fingerprint density at radius 1 is 1.35 bits per heavy atom. The van der Waals surface area contributed by atoms with Crippen molar-refractivity contribution >= 4 is 11.6 Å². The first-order valence-electron chi connectivity index (χ1n) is 8.18. The van der Waals surface area contributed by atoms with Gasteiger partial charge >= 0.3 is 0 Å². The Morgan fingerprint density at radius 2 is 2.23 bits per heavy atom. The molecule has 3 aromatic rings. The zero-order valence-electron chi connectivity index (χ0n) is 13.8. The number of rotatable bonds is 3. The molecule has 7 nitrogen and oxygen atoms in total. The van der Waals surface area contributed by atoms with Crippen LogP contribution in [0, 0.1) is 17.3 Å². The highest BCUT2D eigenvalue weighted by Gasteiger charge is 2.25. The Bertz CT molecular complexity index is 1020. The summed E-state index contributed by atoms with van der Waals surface area (Å²) in [6.45, 7) is 1.03. The molecule has 0 aromatic carbocycles. The number of nitrogens with zero attached hydrogens (tertiary/aromatic N) is 5. The maximum absolute atomic E-state index is 14.5. The number of halogens is 1. The Balaban J connectivity index is 1.54. The molecule has 0 spiro atoms. The second kappa shape index (κ2) is 6.44. The quantitative estimate of drug-likeness (QED) is 0.728. The summed E-state index contributed by atoms with van der Waals surface area (Å²) in [7, 11) is 0. The summed E-state index contributed by atoms with van der Waals surface area (Å²) in [5, 5.41) is 11.6. The number of nitriles is 1. The summed E-state index contributed by atoms with van der Waals surface area (Å²) >= 11 is 0. The lowest BCUT2D eigenvalue weighted by molar-refractivity contribution is 0.0929. The van der Waals surface area contributed by atoms with Crippen molar-refractivity contribution in [2.24, 2.45) is 0 Å². The fourth-order valence-corrected chi connectivity index (χ4v) is 3.08.